The predicted octanol–water partition coefficient (Wildman–Crippen LogP) is 3.62. The molecule has 6 rings (SSSR count). The van der Waals surface area contributed by atoms with Gasteiger partial charge in [0.25, 0.3) is 11.5 Å². The van der Waals surface area contributed by atoms with E-state index < -0.39 is 6.04 Å². The summed E-state index contributed by atoms with van der Waals surface area (Å²) in [6.45, 7) is 4.88. The quantitative estimate of drug-likeness (QED) is 0.365. The highest BCUT2D eigenvalue weighted by molar-refractivity contribution is 6.01. The van der Waals surface area contributed by atoms with Crippen molar-refractivity contribution < 1.29 is 9.53 Å². The van der Waals surface area contributed by atoms with Gasteiger partial charge in [-0.2, -0.15) is 5.10 Å². The van der Waals surface area contributed by atoms with E-state index in [4.69, 9.17) is 9.72 Å². The lowest BCUT2D eigenvalue weighted by molar-refractivity contribution is 0.0938. The van der Waals surface area contributed by atoms with Crippen LogP contribution in [-0.4, -0.2) is 43.3 Å². The van der Waals surface area contributed by atoms with Gasteiger partial charge < -0.3 is 10.1 Å². The van der Waals surface area contributed by atoms with E-state index >= 15 is 0 Å². The zero-order valence-corrected chi connectivity index (χ0v) is 21.6. The Morgan fingerprint density at radius 2 is 2.00 bits per heavy atom. The predicted molar refractivity (Wildman–Crippen MR) is 147 cm³/mol. The molecule has 0 saturated carbocycles. The third kappa shape index (κ3) is 4.56. The van der Waals surface area contributed by atoms with E-state index in [1.54, 1.807) is 40.5 Å². The molecule has 0 aliphatic carbocycles. The molecule has 1 N–H and O–H groups in total. The van der Waals surface area contributed by atoms with Crippen LogP contribution in [0.5, 0.6) is 0 Å². The lowest BCUT2D eigenvalue weighted by Crippen LogP contribution is -2.33. The van der Waals surface area contributed by atoms with E-state index in [-0.39, 0.29) is 17.4 Å². The summed E-state index contributed by atoms with van der Waals surface area (Å²) < 4.78 is 8.57. The van der Waals surface area contributed by atoms with Crippen molar-refractivity contribution in [3.05, 3.63) is 100.0 Å². The second-order valence-corrected chi connectivity index (χ2v) is 9.52. The topological polar surface area (TPSA) is 103 Å². The fraction of sp³-hybridized carbons (Fsp3) is 0.233. The second-order valence-electron chi connectivity index (χ2n) is 9.52. The number of para-hydroxylation sites is 1. The summed E-state index contributed by atoms with van der Waals surface area (Å²) in [6, 6.07) is 15.9. The molecule has 1 unspecified atom stereocenters. The first-order chi connectivity index (χ1) is 19.0. The molecule has 194 valence electrons. The highest BCUT2D eigenvalue weighted by Crippen LogP contribution is 2.22. The Hall–Kier alpha value is -4.81. The van der Waals surface area contributed by atoms with Crippen molar-refractivity contribution >= 4 is 22.5 Å². The van der Waals surface area contributed by atoms with Crippen molar-refractivity contribution in [1.29, 1.82) is 0 Å². The molecular weight excluding hydrogens is 492 g/mol. The van der Waals surface area contributed by atoms with Crippen molar-refractivity contribution in [1.82, 2.24) is 29.5 Å². The van der Waals surface area contributed by atoms with Crippen LogP contribution in [0.3, 0.4) is 0 Å². The van der Waals surface area contributed by atoms with E-state index in [1.807, 2.05) is 49.4 Å². The van der Waals surface area contributed by atoms with Crippen LogP contribution >= 0.6 is 0 Å². The van der Waals surface area contributed by atoms with Crippen LogP contribution in [-0.2, 0) is 4.74 Å². The average Bonchev–Trinajstić information content (AvgIpc) is 3.59. The summed E-state index contributed by atoms with van der Waals surface area (Å²) in [5.41, 5.74) is 2.94. The normalized spacial score (nSPS) is 15.7. The second kappa shape index (κ2) is 10.2. The van der Waals surface area contributed by atoms with Crippen LogP contribution in [0.25, 0.3) is 22.2 Å². The van der Waals surface area contributed by atoms with Crippen molar-refractivity contribution in [2.24, 2.45) is 5.92 Å². The van der Waals surface area contributed by atoms with Crippen LogP contribution < -0.4 is 10.9 Å². The van der Waals surface area contributed by atoms with Gasteiger partial charge in [0.1, 0.15) is 11.4 Å². The summed E-state index contributed by atoms with van der Waals surface area (Å²) in [6.07, 6.45) is 4.25. The molecule has 2 aromatic carbocycles. The summed E-state index contributed by atoms with van der Waals surface area (Å²) >= 11 is 0. The molecule has 4 heterocycles. The highest BCUT2D eigenvalue weighted by atomic mass is 16.5. The number of carbonyl (C=O) groups excluding carboxylic acids is 1. The largest absolute Gasteiger partial charge is 0.380 e. The molecule has 1 amide bonds. The molecule has 0 radical (unpaired) electrons. The fourth-order valence-electron chi connectivity index (χ4n) is 4.89. The minimum Gasteiger partial charge on any atom is -0.380 e. The minimum absolute atomic E-state index is 0.150. The first kappa shape index (κ1) is 24.5. The Morgan fingerprint density at radius 3 is 2.79 bits per heavy atom. The van der Waals surface area contributed by atoms with Crippen LogP contribution in [0.15, 0.2) is 71.8 Å². The van der Waals surface area contributed by atoms with Crippen LogP contribution in [0, 0.1) is 24.7 Å². The first-order valence-electron chi connectivity index (χ1n) is 12.8. The first-order valence-corrected chi connectivity index (χ1v) is 12.8. The van der Waals surface area contributed by atoms with Gasteiger partial charge in [0.15, 0.2) is 5.65 Å². The number of hydrogen-bond donors (Lipinski definition) is 1. The zero-order valence-electron chi connectivity index (χ0n) is 21.6. The van der Waals surface area contributed by atoms with Crippen molar-refractivity contribution in [2.45, 2.75) is 26.3 Å². The van der Waals surface area contributed by atoms with E-state index in [0.29, 0.717) is 58.1 Å². The molecule has 0 spiro atoms. The maximum atomic E-state index is 14.1. The SMILES string of the molecule is Cc1nn2cccnc2c1C(=O)N[C@H](C)c1nc2cccc(C#CC3CCOC3)c2c(=O)n1-c1ccccc1. The molecule has 5 aromatic rings. The zero-order chi connectivity index (χ0) is 26.9. The Kier molecular flexibility index (Phi) is 6.39. The molecule has 1 saturated heterocycles. The number of nitrogens with one attached hydrogen (secondary N) is 1. The van der Waals surface area contributed by atoms with Crippen molar-refractivity contribution in [3.63, 3.8) is 0 Å². The average molecular weight is 519 g/mol. The third-order valence-corrected chi connectivity index (χ3v) is 6.81. The fourth-order valence-corrected chi connectivity index (χ4v) is 4.89. The Bertz CT molecular complexity index is 1820. The number of rotatable bonds is 4. The van der Waals surface area contributed by atoms with E-state index in [1.165, 1.54) is 0 Å². The molecule has 9 heteroatoms. The number of amides is 1. The molecule has 1 aliphatic rings. The smallest absolute Gasteiger partial charge is 0.267 e. The van der Waals surface area contributed by atoms with Gasteiger partial charge in [-0.25, -0.2) is 14.5 Å². The monoisotopic (exact) mass is 518 g/mol. The number of aromatic nitrogens is 5. The van der Waals surface area contributed by atoms with Crippen molar-refractivity contribution in [3.8, 4) is 17.5 Å². The Morgan fingerprint density at radius 1 is 1.15 bits per heavy atom. The summed E-state index contributed by atoms with van der Waals surface area (Å²) in [5, 5.41) is 7.85. The molecule has 39 heavy (non-hydrogen) atoms. The summed E-state index contributed by atoms with van der Waals surface area (Å²) in [5.74, 6) is 6.67. The molecule has 3 aromatic heterocycles. The number of nitrogens with zero attached hydrogens (tertiary/aromatic N) is 5. The minimum atomic E-state index is -0.613. The lowest BCUT2D eigenvalue weighted by Gasteiger charge is -2.20. The number of fused-ring (bicyclic) bond motifs is 2. The van der Waals surface area contributed by atoms with Gasteiger partial charge in [0.05, 0.1) is 34.9 Å². The van der Waals surface area contributed by atoms with Crippen LogP contribution in [0.4, 0.5) is 0 Å². The summed E-state index contributed by atoms with van der Waals surface area (Å²) in [7, 11) is 0. The van der Waals surface area contributed by atoms with Gasteiger partial charge in [0.2, 0.25) is 0 Å². The van der Waals surface area contributed by atoms with Crippen molar-refractivity contribution in [2.75, 3.05) is 13.2 Å². The maximum Gasteiger partial charge on any atom is 0.267 e. The standard InChI is InChI=1S/C30H26N6O3/c1-19-25(28-31-15-7-16-35(28)34-19)29(37)32-20(2)27-33-24-11-6-8-22(13-12-21-14-17-39-18-21)26(24)30(38)36(27)23-9-4-3-5-10-23/h3-11,15-16,20-21H,14,17-18H2,1-2H3,(H,32,37)/t20-,21?/m1/s1. The number of aryl methyl sites for hydroxylation is 1. The number of ether oxygens (including phenoxy) is 1. The van der Waals surface area contributed by atoms with Gasteiger partial charge in [-0.3, -0.25) is 14.2 Å². The van der Waals surface area contributed by atoms with Gasteiger partial charge in [-0.15, -0.1) is 0 Å². The summed E-state index contributed by atoms with van der Waals surface area (Å²) in [4.78, 5) is 36.8. The number of hydrogen-bond acceptors (Lipinski definition) is 6. The van der Waals surface area contributed by atoms with Gasteiger partial charge in [0, 0.05) is 30.5 Å². The molecule has 1 fully saturated rings. The lowest BCUT2D eigenvalue weighted by atomic mass is 10.1. The Balaban J connectivity index is 1.46. The molecular formula is C30H26N6O3. The molecule has 1 aliphatic heterocycles. The van der Waals surface area contributed by atoms with Crippen LogP contribution in [0.1, 0.15) is 46.8 Å². The Labute approximate surface area is 224 Å². The van der Waals surface area contributed by atoms with E-state index in [0.717, 1.165) is 6.42 Å². The molecule has 0 bridgehead atoms. The van der Waals surface area contributed by atoms with Gasteiger partial charge in [-0.05, 0) is 50.6 Å². The van der Waals surface area contributed by atoms with E-state index in [9.17, 15) is 9.59 Å². The molecule has 9 nitrogen and oxygen atoms in total. The highest BCUT2D eigenvalue weighted by Gasteiger charge is 2.24. The van der Waals surface area contributed by atoms with Gasteiger partial charge in [-0.1, -0.05) is 36.1 Å². The maximum absolute atomic E-state index is 14.1. The van der Waals surface area contributed by atoms with E-state index in [2.05, 4.69) is 27.2 Å². The number of benzene rings is 2. The third-order valence-electron chi connectivity index (χ3n) is 6.81. The van der Waals surface area contributed by atoms with Crippen LogP contribution in [0.2, 0.25) is 0 Å². The number of carbonyl (C=O) groups is 1. The van der Waals surface area contributed by atoms with Gasteiger partial charge >= 0.3 is 0 Å². The molecule has 2 atom stereocenters.